The van der Waals surface area contributed by atoms with Crippen LogP contribution in [0.1, 0.15) is 27.7 Å². The Morgan fingerprint density at radius 1 is 1.31 bits per heavy atom. The van der Waals surface area contributed by atoms with Gasteiger partial charge in [-0.3, -0.25) is 4.90 Å². The van der Waals surface area contributed by atoms with E-state index in [1.165, 1.54) is 6.54 Å². The molecule has 16 heavy (non-hydrogen) atoms. The van der Waals surface area contributed by atoms with E-state index in [2.05, 4.69) is 51.6 Å². The smallest absolute Gasteiger partial charge is 0.0254 e. The highest BCUT2D eigenvalue weighted by atomic mass is 15.2. The van der Waals surface area contributed by atoms with Crippen molar-refractivity contribution >= 4 is 0 Å². The topological polar surface area (TPSA) is 32.5 Å². The predicted molar refractivity (Wildman–Crippen MR) is 70.5 cm³/mol. The molecular weight excluding hydrogens is 198 g/mol. The molecule has 3 nitrogen and oxygen atoms in total. The van der Waals surface area contributed by atoms with Crippen LogP contribution in [-0.4, -0.2) is 55.6 Å². The third-order valence-corrected chi connectivity index (χ3v) is 3.88. The van der Waals surface area contributed by atoms with Crippen LogP contribution < -0.4 is 5.73 Å². The lowest BCUT2D eigenvalue weighted by molar-refractivity contribution is 0.211. The molecule has 0 bridgehead atoms. The number of likely N-dealkylation sites (tertiary alicyclic amines) is 1. The van der Waals surface area contributed by atoms with Crippen LogP contribution >= 0.6 is 0 Å². The van der Waals surface area contributed by atoms with Gasteiger partial charge in [-0.2, -0.15) is 0 Å². The zero-order chi connectivity index (χ0) is 12.5. The molecule has 0 amide bonds. The van der Waals surface area contributed by atoms with E-state index in [0.717, 1.165) is 19.0 Å². The highest BCUT2D eigenvalue weighted by Gasteiger charge is 2.33. The first-order valence-electron chi connectivity index (χ1n) is 6.36. The number of nitrogens with two attached hydrogens (primary N) is 1. The van der Waals surface area contributed by atoms with Crippen molar-refractivity contribution in [1.29, 1.82) is 0 Å². The first-order valence-corrected chi connectivity index (χ1v) is 6.36. The van der Waals surface area contributed by atoms with Crippen LogP contribution in [0.25, 0.3) is 0 Å². The summed E-state index contributed by atoms with van der Waals surface area (Å²) in [6.45, 7) is 12.4. The minimum Gasteiger partial charge on any atom is -0.326 e. The summed E-state index contributed by atoms with van der Waals surface area (Å²) in [4.78, 5) is 4.86. The van der Waals surface area contributed by atoms with Crippen molar-refractivity contribution in [2.45, 2.75) is 39.8 Å². The van der Waals surface area contributed by atoms with Gasteiger partial charge in [0.1, 0.15) is 0 Å². The van der Waals surface area contributed by atoms with E-state index in [1.807, 2.05) is 0 Å². The van der Waals surface area contributed by atoms with Gasteiger partial charge >= 0.3 is 0 Å². The number of nitrogens with zero attached hydrogens (tertiary/aromatic N) is 2. The molecule has 0 spiro atoms. The van der Waals surface area contributed by atoms with Crippen LogP contribution in [0, 0.1) is 11.3 Å². The van der Waals surface area contributed by atoms with Gasteiger partial charge in [-0.15, -0.1) is 0 Å². The molecule has 0 aromatic rings. The van der Waals surface area contributed by atoms with E-state index in [9.17, 15) is 0 Å². The highest BCUT2D eigenvalue weighted by Crippen LogP contribution is 2.23. The second-order valence-corrected chi connectivity index (χ2v) is 6.70. The Labute approximate surface area is 101 Å². The van der Waals surface area contributed by atoms with Crippen LogP contribution in [0.15, 0.2) is 0 Å². The molecule has 1 rings (SSSR count). The van der Waals surface area contributed by atoms with E-state index in [0.29, 0.717) is 6.04 Å². The van der Waals surface area contributed by atoms with Crippen molar-refractivity contribution in [3.63, 3.8) is 0 Å². The summed E-state index contributed by atoms with van der Waals surface area (Å²) in [5.74, 6) is 0.752. The van der Waals surface area contributed by atoms with Gasteiger partial charge < -0.3 is 10.6 Å². The fourth-order valence-electron chi connectivity index (χ4n) is 2.42. The van der Waals surface area contributed by atoms with E-state index in [1.54, 1.807) is 0 Å². The largest absolute Gasteiger partial charge is 0.326 e. The van der Waals surface area contributed by atoms with Gasteiger partial charge in [0, 0.05) is 31.7 Å². The van der Waals surface area contributed by atoms with Gasteiger partial charge in [0.05, 0.1) is 0 Å². The molecule has 1 aliphatic rings. The first-order chi connectivity index (χ1) is 7.21. The minimum absolute atomic E-state index is 0.208. The monoisotopic (exact) mass is 227 g/mol. The summed E-state index contributed by atoms with van der Waals surface area (Å²) in [5, 5.41) is 0. The number of rotatable bonds is 3. The highest BCUT2D eigenvalue weighted by molar-refractivity contribution is 4.90. The van der Waals surface area contributed by atoms with Gasteiger partial charge in [0.25, 0.3) is 0 Å². The van der Waals surface area contributed by atoms with Crippen molar-refractivity contribution in [3.8, 4) is 0 Å². The Morgan fingerprint density at radius 2 is 1.88 bits per heavy atom. The van der Waals surface area contributed by atoms with Crippen molar-refractivity contribution in [2.75, 3.05) is 33.7 Å². The summed E-state index contributed by atoms with van der Waals surface area (Å²) in [6, 6.07) is 0.952. The van der Waals surface area contributed by atoms with Crippen LogP contribution in [0.4, 0.5) is 0 Å². The number of hydrogen-bond donors (Lipinski definition) is 1. The number of likely N-dealkylation sites (N-methyl/N-ethyl adjacent to an activating group) is 1. The third kappa shape index (κ3) is 3.44. The molecule has 2 N–H and O–H groups in total. The fourth-order valence-corrected chi connectivity index (χ4v) is 2.42. The molecular formula is C13H29N3. The molecule has 0 aliphatic carbocycles. The zero-order valence-corrected chi connectivity index (χ0v) is 11.8. The fraction of sp³-hybridized carbons (Fsp3) is 1.00. The van der Waals surface area contributed by atoms with Crippen molar-refractivity contribution in [2.24, 2.45) is 17.1 Å². The minimum atomic E-state index is 0.208. The Balaban J connectivity index is 2.47. The molecule has 3 atom stereocenters. The molecule has 0 aromatic heterocycles. The Hall–Kier alpha value is -0.120. The summed E-state index contributed by atoms with van der Waals surface area (Å²) < 4.78 is 0. The SMILES string of the molecule is CC1CN(CC(N)C(C)(C)C)CC1N(C)C. The van der Waals surface area contributed by atoms with Crippen LogP contribution in [0.2, 0.25) is 0 Å². The average molecular weight is 227 g/mol. The molecule has 3 heteroatoms. The Morgan fingerprint density at radius 3 is 2.25 bits per heavy atom. The molecule has 1 fully saturated rings. The first kappa shape index (κ1) is 13.9. The predicted octanol–water partition coefficient (Wildman–Crippen LogP) is 1.24. The molecule has 1 saturated heterocycles. The molecule has 0 saturated carbocycles. The van der Waals surface area contributed by atoms with Crippen molar-refractivity contribution < 1.29 is 0 Å². The van der Waals surface area contributed by atoms with E-state index < -0.39 is 0 Å². The Bertz CT molecular complexity index is 220. The average Bonchev–Trinajstić information content (AvgIpc) is 2.45. The molecule has 96 valence electrons. The van der Waals surface area contributed by atoms with Gasteiger partial charge in [-0.1, -0.05) is 27.7 Å². The maximum absolute atomic E-state index is 6.24. The van der Waals surface area contributed by atoms with Gasteiger partial charge in [-0.05, 0) is 25.4 Å². The van der Waals surface area contributed by atoms with Gasteiger partial charge in [-0.25, -0.2) is 0 Å². The van der Waals surface area contributed by atoms with E-state index in [4.69, 9.17) is 5.73 Å². The van der Waals surface area contributed by atoms with Crippen molar-refractivity contribution in [1.82, 2.24) is 9.80 Å². The molecule has 0 aromatic carbocycles. The lowest BCUT2D eigenvalue weighted by Crippen LogP contribution is -2.45. The van der Waals surface area contributed by atoms with Crippen LogP contribution in [0.5, 0.6) is 0 Å². The normalized spacial score (nSPS) is 30.0. The zero-order valence-electron chi connectivity index (χ0n) is 11.8. The number of hydrogen-bond acceptors (Lipinski definition) is 3. The van der Waals surface area contributed by atoms with Crippen molar-refractivity contribution in [3.05, 3.63) is 0 Å². The van der Waals surface area contributed by atoms with Gasteiger partial charge in [0.15, 0.2) is 0 Å². The summed E-state index contributed by atoms with van der Waals surface area (Å²) in [5.41, 5.74) is 6.45. The Kier molecular flexibility index (Phi) is 4.38. The maximum atomic E-state index is 6.24. The molecule has 1 aliphatic heterocycles. The maximum Gasteiger partial charge on any atom is 0.0254 e. The van der Waals surface area contributed by atoms with E-state index in [-0.39, 0.29) is 11.5 Å². The van der Waals surface area contributed by atoms with Gasteiger partial charge in [0.2, 0.25) is 0 Å². The summed E-state index contributed by atoms with van der Waals surface area (Å²) >= 11 is 0. The van der Waals surface area contributed by atoms with Crippen LogP contribution in [-0.2, 0) is 0 Å². The third-order valence-electron chi connectivity index (χ3n) is 3.88. The quantitative estimate of drug-likeness (QED) is 0.787. The van der Waals surface area contributed by atoms with E-state index >= 15 is 0 Å². The van der Waals surface area contributed by atoms with Crippen LogP contribution in [0.3, 0.4) is 0 Å². The summed E-state index contributed by atoms with van der Waals surface area (Å²) in [7, 11) is 4.35. The standard InChI is InChI=1S/C13H29N3/c1-10-7-16(8-11(10)15(5)6)9-12(14)13(2,3)4/h10-12H,7-9,14H2,1-6H3. The lowest BCUT2D eigenvalue weighted by Gasteiger charge is -2.31. The molecule has 0 radical (unpaired) electrons. The second-order valence-electron chi connectivity index (χ2n) is 6.70. The second kappa shape index (κ2) is 5.03. The molecule has 3 unspecified atom stereocenters. The molecule has 1 heterocycles. The lowest BCUT2D eigenvalue weighted by atomic mass is 9.87. The summed E-state index contributed by atoms with van der Waals surface area (Å²) in [6.07, 6.45) is 0.